The fourth-order valence-electron chi connectivity index (χ4n) is 2.13. The first-order valence-corrected chi connectivity index (χ1v) is 5.57. The number of hydrogen-bond donors (Lipinski definition) is 3. The molecule has 1 aliphatic heterocycles. The van der Waals surface area contributed by atoms with Crippen LogP contribution in [0, 0.1) is 11.3 Å². The highest BCUT2D eigenvalue weighted by atomic mass is 15.1. The molecule has 0 spiro atoms. The summed E-state index contributed by atoms with van der Waals surface area (Å²) in [6.07, 6.45) is 1.82. The largest absolute Gasteiger partial charge is 0.346 e. The summed E-state index contributed by atoms with van der Waals surface area (Å²) in [4.78, 5) is 11.5. The molecule has 86 valence electrons. The maximum atomic E-state index is 8.93. The number of aromatic amines is 1. The lowest BCUT2D eigenvalue weighted by Crippen LogP contribution is -2.43. The van der Waals surface area contributed by atoms with Gasteiger partial charge >= 0.3 is 0 Å². The van der Waals surface area contributed by atoms with E-state index in [2.05, 4.69) is 25.6 Å². The molecule has 2 aromatic rings. The van der Waals surface area contributed by atoms with E-state index >= 15 is 0 Å². The van der Waals surface area contributed by atoms with E-state index in [1.165, 1.54) is 0 Å². The molecule has 0 aromatic carbocycles. The molecule has 3 rings (SSSR count). The second-order valence-corrected chi connectivity index (χ2v) is 4.00. The minimum atomic E-state index is 0.136. The molecule has 6 heteroatoms. The zero-order valence-electron chi connectivity index (χ0n) is 9.20. The summed E-state index contributed by atoms with van der Waals surface area (Å²) < 4.78 is 0. The molecule has 1 saturated heterocycles. The molecule has 2 aromatic heterocycles. The van der Waals surface area contributed by atoms with Gasteiger partial charge in [0, 0.05) is 31.2 Å². The van der Waals surface area contributed by atoms with Crippen LogP contribution in [0.4, 0.5) is 0 Å². The molecular weight excluding hydrogens is 216 g/mol. The van der Waals surface area contributed by atoms with Gasteiger partial charge in [-0.05, 0) is 6.07 Å². The Balaban J connectivity index is 2.12. The number of rotatable bonds is 1. The summed E-state index contributed by atoms with van der Waals surface area (Å²) in [5, 5.41) is 16.6. The van der Waals surface area contributed by atoms with E-state index in [-0.39, 0.29) is 11.9 Å². The number of nitrogens with one attached hydrogen (secondary N) is 3. The molecule has 0 saturated carbocycles. The van der Waals surface area contributed by atoms with Crippen molar-refractivity contribution in [2.75, 3.05) is 19.6 Å². The van der Waals surface area contributed by atoms with Crippen molar-refractivity contribution in [2.45, 2.75) is 6.04 Å². The summed E-state index contributed by atoms with van der Waals surface area (Å²) in [5.41, 5.74) is 1.61. The second kappa shape index (κ2) is 4.13. The molecule has 1 fully saturated rings. The lowest BCUT2D eigenvalue weighted by molar-refractivity contribution is 0.425. The van der Waals surface area contributed by atoms with Crippen molar-refractivity contribution in [3.05, 3.63) is 23.8 Å². The Morgan fingerprint density at radius 2 is 2.29 bits per heavy atom. The van der Waals surface area contributed by atoms with E-state index in [1.807, 2.05) is 18.3 Å². The highest BCUT2D eigenvalue weighted by Gasteiger charge is 2.20. The lowest BCUT2D eigenvalue weighted by Gasteiger charge is -2.24. The van der Waals surface area contributed by atoms with Crippen molar-refractivity contribution in [1.82, 2.24) is 25.6 Å². The molecule has 6 nitrogen and oxygen atoms in total. The Labute approximate surface area is 98.1 Å². The van der Waals surface area contributed by atoms with Crippen LogP contribution in [-0.4, -0.2) is 34.6 Å². The Morgan fingerprint density at radius 1 is 1.35 bits per heavy atom. The van der Waals surface area contributed by atoms with E-state index < -0.39 is 0 Å². The average molecular weight is 228 g/mol. The first-order chi connectivity index (χ1) is 8.38. The lowest BCUT2D eigenvalue weighted by atomic mass is 10.1. The van der Waals surface area contributed by atoms with E-state index in [4.69, 9.17) is 5.26 Å². The van der Waals surface area contributed by atoms with Crippen molar-refractivity contribution in [3.63, 3.8) is 0 Å². The van der Waals surface area contributed by atoms with Crippen LogP contribution in [0.3, 0.4) is 0 Å². The van der Waals surface area contributed by atoms with Gasteiger partial charge in [0.05, 0.1) is 11.7 Å². The van der Waals surface area contributed by atoms with Gasteiger partial charge in [-0.15, -0.1) is 0 Å². The van der Waals surface area contributed by atoms with Crippen molar-refractivity contribution in [2.24, 2.45) is 0 Å². The number of hydrogen-bond acceptors (Lipinski definition) is 5. The van der Waals surface area contributed by atoms with E-state index in [9.17, 15) is 0 Å². The highest BCUT2D eigenvalue weighted by molar-refractivity contribution is 5.78. The molecular formula is C11H12N6. The molecule has 1 unspecified atom stereocenters. The van der Waals surface area contributed by atoms with Gasteiger partial charge in [0.2, 0.25) is 5.82 Å². The zero-order chi connectivity index (χ0) is 11.7. The van der Waals surface area contributed by atoms with Gasteiger partial charge in [-0.2, -0.15) is 5.26 Å². The third kappa shape index (κ3) is 1.75. The molecule has 1 aliphatic rings. The number of nitrogens with zero attached hydrogens (tertiary/aromatic N) is 3. The van der Waals surface area contributed by atoms with Crippen LogP contribution in [0.15, 0.2) is 12.3 Å². The Kier molecular flexibility index (Phi) is 2.48. The van der Waals surface area contributed by atoms with Crippen LogP contribution in [0.2, 0.25) is 0 Å². The predicted molar refractivity (Wildman–Crippen MR) is 62.2 cm³/mol. The number of H-pyrrole nitrogens is 1. The molecule has 1 atom stereocenters. The normalized spacial score (nSPS) is 20.3. The fraction of sp³-hybridized carbons (Fsp3) is 0.364. The fourth-order valence-corrected chi connectivity index (χ4v) is 2.13. The van der Waals surface area contributed by atoms with Gasteiger partial charge in [0.25, 0.3) is 0 Å². The van der Waals surface area contributed by atoms with Crippen molar-refractivity contribution in [3.8, 4) is 6.07 Å². The summed E-state index contributed by atoms with van der Waals surface area (Å²) in [5.74, 6) is 0.210. The number of piperazine rings is 1. The number of nitriles is 1. The van der Waals surface area contributed by atoms with Gasteiger partial charge < -0.3 is 15.6 Å². The second-order valence-electron chi connectivity index (χ2n) is 4.00. The maximum absolute atomic E-state index is 8.93. The molecule has 0 bridgehead atoms. The Bertz CT molecular complexity index is 575. The van der Waals surface area contributed by atoms with Crippen molar-refractivity contribution >= 4 is 11.0 Å². The predicted octanol–water partition coefficient (Wildman–Crippen LogP) is 0.0635. The van der Waals surface area contributed by atoms with Crippen LogP contribution in [-0.2, 0) is 0 Å². The first kappa shape index (κ1) is 10.2. The molecule has 3 heterocycles. The van der Waals surface area contributed by atoms with Gasteiger partial charge in [-0.25, -0.2) is 9.97 Å². The summed E-state index contributed by atoms with van der Waals surface area (Å²) in [6, 6.07) is 4.08. The quantitative estimate of drug-likeness (QED) is 0.642. The smallest absolute Gasteiger partial charge is 0.234 e. The highest BCUT2D eigenvalue weighted by Crippen LogP contribution is 2.21. The standard InChI is InChI=1S/C11H12N6/c12-5-9-16-10(8-6-13-3-4-14-8)7-1-2-15-11(7)17-9/h1-2,8,13-14H,3-4,6H2,(H,15,16,17). The summed E-state index contributed by atoms with van der Waals surface area (Å²) >= 11 is 0. The maximum Gasteiger partial charge on any atom is 0.234 e. The minimum absolute atomic E-state index is 0.136. The van der Waals surface area contributed by atoms with Crippen LogP contribution in [0.5, 0.6) is 0 Å². The van der Waals surface area contributed by atoms with Gasteiger partial charge in [0.1, 0.15) is 11.7 Å². The minimum Gasteiger partial charge on any atom is -0.346 e. The van der Waals surface area contributed by atoms with Crippen molar-refractivity contribution < 1.29 is 0 Å². The summed E-state index contributed by atoms with van der Waals surface area (Å²) in [6.45, 7) is 2.69. The van der Waals surface area contributed by atoms with E-state index in [0.29, 0.717) is 0 Å². The van der Waals surface area contributed by atoms with Gasteiger partial charge in [-0.1, -0.05) is 0 Å². The molecule has 0 radical (unpaired) electrons. The van der Waals surface area contributed by atoms with Crippen LogP contribution >= 0.6 is 0 Å². The monoisotopic (exact) mass is 228 g/mol. The van der Waals surface area contributed by atoms with Gasteiger partial charge in [-0.3, -0.25) is 0 Å². The van der Waals surface area contributed by atoms with Crippen LogP contribution < -0.4 is 10.6 Å². The topological polar surface area (TPSA) is 89.4 Å². The Hall–Kier alpha value is -1.97. The molecule has 3 N–H and O–H groups in total. The first-order valence-electron chi connectivity index (χ1n) is 5.57. The van der Waals surface area contributed by atoms with Crippen molar-refractivity contribution in [1.29, 1.82) is 5.26 Å². The van der Waals surface area contributed by atoms with E-state index in [1.54, 1.807) is 0 Å². The van der Waals surface area contributed by atoms with Gasteiger partial charge in [0.15, 0.2) is 0 Å². The molecule has 0 amide bonds. The van der Waals surface area contributed by atoms with E-state index in [0.717, 1.165) is 36.4 Å². The zero-order valence-corrected chi connectivity index (χ0v) is 9.20. The van der Waals surface area contributed by atoms with Crippen LogP contribution in [0.1, 0.15) is 17.6 Å². The number of fused-ring (bicyclic) bond motifs is 1. The SMILES string of the molecule is N#Cc1nc(C2CNCCN2)c2cc[nH]c2n1. The average Bonchev–Trinajstić information content (AvgIpc) is 2.86. The van der Waals surface area contributed by atoms with Crippen LogP contribution in [0.25, 0.3) is 11.0 Å². The third-order valence-electron chi connectivity index (χ3n) is 2.92. The number of aromatic nitrogens is 3. The summed E-state index contributed by atoms with van der Waals surface area (Å²) in [7, 11) is 0. The molecule has 17 heavy (non-hydrogen) atoms. The molecule has 0 aliphatic carbocycles. The third-order valence-corrected chi connectivity index (χ3v) is 2.92. The Morgan fingerprint density at radius 3 is 3.06 bits per heavy atom.